The van der Waals surface area contributed by atoms with Crippen molar-refractivity contribution in [2.24, 2.45) is 0 Å². The molecule has 18 heavy (non-hydrogen) atoms. The standard InChI is InChI=1S/C13H16N2O3/c1-7-9(6-11(14)13(17)18-2)10-5-8(16)3-4-12(10)15-7/h3-5,11,15-16H,6,14H2,1-2H3/p+1. The Bertz CT molecular complexity index is 589. The summed E-state index contributed by atoms with van der Waals surface area (Å²) in [5.41, 5.74) is 6.72. The Labute approximate surface area is 105 Å². The number of carbonyl (C=O) groups is 1. The molecule has 5 heteroatoms. The number of H-pyrrole nitrogens is 1. The van der Waals surface area contributed by atoms with Crippen LogP contribution in [-0.4, -0.2) is 29.2 Å². The molecule has 96 valence electrons. The molecule has 2 aromatic rings. The fourth-order valence-electron chi connectivity index (χ4n) is 2.13. The molecule has 0 saturated heterocycles. The van der Waals surface area contributed by atoms with Gasteiger partial charge in [-0.3, -0.25) is 0 Å². The number of phenolic OH excluding ortho intramolecular Hbond substituents is 1. The van der Waals surface area contributed by atoms with Gasteiger partial charge in [0.05, 0.1) is 7.11 Å². The molecule has 1 aromatic carbocycles. The van der Waals surface area contributed by atoms with Crippen molar-refractivity contribution in [3.63, 3.8) is 0 Å². The number of methoxy groups -OCH3 is 1. The molecule has 0 bridgehead atoms. The van der Waals surface area contributed by atoms with Crippen LogP contribution in [0.15, 0.2) is 18.2 Å². The molecular formula is C13H17N2O3+. The maximum absolute atomic E-state index is 11.4. The Morgan fingerprint density at radius 2 is 2.28 bits per heavy atom. The summed E-state index contributed by atoms with van der Waals surface area (Å²) in [6.07, 6.45) is 0.488. The predicted molar refractivity (Wildman–Crippen MR) is 67.1 cm³/mol. The molecule has 0 aliphatic rings. The highest BCUT2D eigenvalue weighted by Gasteiger charge is 2.21. The minimum atomic E-state index is -0.449. The summed E-state index contributed by atoms with van der Waals surface area (Å²) in [5, 5.41) is 10.5. The highest BCUT2D eigenvalue weighted by molar-refractivity contribution is 5.86. The van der Waals surface area contributed by atoms with Gasteiger partial charge >= 0.3 is 5.97 Å². The predicted octanol–water partition coefficient (Wildman–Crippen LogP) is 0.508. The van der Waals surface area contributed by atoms with E-state index in [-0.39, 0.29) is 11.7 Å². The van der Waals surface area contributed by atoms with E-state index in [1.54, 1.807) is 12.1 Å². The topological polar surface area (TPSA) is 90.0 Å². The average molecular weight is 249 g/mol. The lowest BCUT2D eigenvalue weighted by Crippen LogP contribution is -2.66. The number of quaternary nitrogens is 1. The van der Waals surface area contributed by atoms with E-state index in [1.165, 1.54) is 7.11 Å². The van der Waals surface area contributed by atoms with Crippen LogP contribution in [0.3, 0.4) is 0 Å². The van der Waals surface area contributed by atoms with Crippen LogP contribution < -0.4 is 5.73 Å². The Morgan fingerprint density at radius 1 is 1.56 bits per heavy atom. The average Bonchev–Trinajstić information content (AvgIpc) is 2.65. The highest BCUT2D eigenvalue weighted by atomic mass is 16.5. The van der Waals surface area contributed by atoms with Crippen molar-refractivity contribution < 1.29 is 20.4 Å². The molecule has 0 saturated carbocycles. The molecule has 1 heterocycles. The van der Waals surface area contributed by atoms with Crippen molar-refractivity contribution in [3.8, 4) is 5.75 Å². The number of rotatable bonds is 3. The van der Waals surface area contributed by atoms with Crippen molar-refractivity contribution in [2.75, 3.05) is 7.11 Å². The third-order valence-electron chi connectivity index (χ3n) is 3.09. The Morgan fingerprint density at radius 3 is 2.94 bits per heavy atom. The summed E-state index contributed by atoms with van der Waals surface area (Å²) in [6.45, 7) is 1.94. The largest absolute Gasteiger partial charge is 0.508 e. The van der Waals surface area contributed by atoms with Gasteiger partial charge in [-0.1, -0.05) is 0 Å². The second kappa shape index (κ2) is 4.70. The van der Waals surface area contributed by atoms with Crippen LogP contribution in [-0.2, 0) is 16.0 Å². The van der Waals surface area contributed by atoms with Gasteiger partial charge < -0.3 is 20.6 Å². The summed E-state index contributed by atoms with van der Waals surface area (Å²) in [4.78, 5) is 14.6. The van der Waals surface area contributed by atoms with E-state index in [0.717, 1.165) is 22.2 Å². The normalized spacial score (nSPS) is 12.6. The van der Waals surface area contributed by atoms with Crippen LogP contribution >= 0.6 is 0 Å². The summed E-state index contributed by atoms with van der Waals surface area (Å²) in [6, 6.07) is 4.69. The lowest BCUT2D eigenvalue weighted by Gasteiger charge is -2.06. The van der Waals surface area contributed by atoms with Crippen molar-refractivity contribution >= 4 is 16.9 Å². The van der Waals surface area contributed by atoms with E-state index in [0.29, 0.717) is 6.42 Å². The number of carbonyl (C=O) groups excluding carboxylic acids is 1. The number of aromatic nitrogens is 1. The van der Waals surface area contributed by atoms with Gasteiger partial charge in [0.25, 0.3) is 0 Å². The van der Waals surface area contributed by atoms with Crippen LogP contribution in [0.2, 0.25) is 0 Å². The summed E-state index contributed by atoms with van der Waals surface area (Å²) in [5.74, 6) is -0.120. The SMILES string of the molecule is COC(=O)C([NH3+])Cc1c(C)[nH]c2ccc(O)cc12. The van der Waals surface area contributed by atoms with Crippen molar-refractivity contribution in [1.82, 2.24) is 4.98 Å². The van der Waals surface area contributed by atoms with Crippen LogP contribution in [0.4, 0.5) is 0 Å². The lowest BCUT2D eigenvalue weighted by molar-refractivity contribution is -0.407. The van der Waals surface area contributed by atoms with Crippen molar-refractivity contribution in [3.05, 3.63) is 29.5 Å². The summed E-state index contributed by atoms with van der Waals surface area (Å²) in [7, 11) is 1.36. The van der Waals surface area contributed by atoms with Crippen molar-refractivity contribution in [2.45, 2.75) is 19.4 Å². The molecule has 5 N–H and O–H groups in total. The molecule has 2 rings (SSSR count). The van der Waals surface area contributed by atoms with E-state index in [2.05, 4.69) is 15.5 Å². The number of benzene rings is 1. The monoisotopic (exact) mass is 249 g/mol. The zero-order valence-corrected chi connectivity index (χ0v) is 10.5. The molecule has 1 unspecified atom stereocenters. The fourth-order valence-corrected chi connectivity index (χ4v) is 2.13. The molecule has 1 atom stereocenters. The van der Waals surface area contributed by atoms with Gasteiger partial charge in [0.1, 0.15) is 5.75 Å². The van der Waals surface area contributed by atoms with Gasteiger partial charge in [0, 0.05) is 23.0 Å². The first-order valence-corrected chi connectivity index (χ1v) is 5.74. The lowest BCUT2D eigenvalue weighted by atomic mass is 10.0. The molecule has 0 aliphatic carbocycles. The smallest absolute Gasteiger partial charge is 0.364 e. The van der Waals surface area contributed by atoms with E-state index < -0.39 is 6.04 Å². The Kier molecular flexibility index (Phi) is 3.25. The minimum absolute atomic E-state index is 0.210. The molecule has 0 spiro atoms. The highest BCUT2D eigenvalue weighted by Crippen LogP contribution is 2.26. The van der Waals surface area contributed by atoms with Crippen molar-refractivity contribution in [1.29, 1.82) is 0 Å². The molecule has 0 radical (unpaired) electrons. The number of hydrogen-bond donors (Lipinski definition) is 3. The molecule has 1 aromatic heterocycles. The molecule has 5 nitrogen and oxygen atoms in total. The first-order valence-electron chi connectivity index (χ1n) is 5.74. The van der Waals surface area contributed by atoms with E-state index in [1.807, 2.05) is 13.0 Å². The maximum Gasteiger partial charge on any atom is 0.364 e. The number of aromatic hydroxyl groups is 1. The number of nitrogens with one attached hydrogen (secondary N) is 1. The number of hydrogen-bond acceptors (Lipinski definition) is 3. The number of esters is 1. The number of phenols is 1. The second-order valence-corrected chi connectivity index (χ2v) is 4.38. The second-order valence-electron chi connectivity index (χ2n) is 4.38. The number of aryl methyl sites for hydroxylation is 1. The fraction of sp³-hybridized carbons (Fsp3) is 0.308. The van der Waals surface area contributed by atoms with E-state index in [4.69, 9.17) is 0 Å². The molecule has 0 aliphatic heterocycles. The van der Waals surface area contributed by atoms with E-state index in [9.17, 15) is 9.90 Å². The Balaban J connectivity index is 2.40. The van der Waals surface area contributed by atoms with Gasteiger partial charge in [0.2, 0.25) is 0 Å². The summed E-state index contributed by atoms with van der Waals surface area (Å²) >= 11 is 0. The van der Waals surface area contributed by atoms with Gasteiger partial charge in [-0.05, 0) is 30.7 Å². The first-order chi connectivity index (χ1) is 8.52. The molecule has 0 amide bonds. The zero-order valence-electron chi connectivity index (χ0n) is 10.5. The third-order valence-corrected chi connectivity index (χ3v) is 3.09. The minimum Gasteiger partial charge on any atom is -0.508 e. The van der Waals surface area contributed by atoms with Gasteiger partial charge in [-0.15, -0.1) is 0 Å². The van der Waals surface area contributed by atoms with Crippen LogP contribution in [0.1, 0.15) is 11.3 Å². The summed E-state index contributed by atoms with van der Waals surface area (Å²) < 4.78 is 4.68. The van der Waals surface area contributed by atoms with E-state index >= 15 is 0 Å². The quantitative estimate of drug-likeness (QED) is 0.692. The molecular weight excluding hydrogens is 232 g/mol. The maximum atomic E-state index is 11.4. The first kappa shape index (κ1) is 12.4. The van der Waals surface area contributed by atoms with Gasteiger partial charge in [-0.25, -0.2) is 4.79 Å². The van der Waals surface area contributed by atoms with Crippen LogP contribution in [0, 0.1) is 6.92 Å². The number of fused-ring (bicyclic) bond motifs is 1. The third kappa shape index (κ3) is 2.17. The zero-order chi connectivity index (χ0) is 13.3. The molecule has 0 fully saturated rings. The Hall–Kier alpha value is -2.01. The van der Waals surface area contributed by atoms with Crippen LogP contribution in [0.5, 0.6) is 5.75 Å². The van der Waals surface area contributed by atoms with Gasteiger partial charge in [0.15, 0.2) is 6.04 Å². The van der Waals surface area contributed by atoms with Gasteiger partial charge in [-0.2, -0.15) is 0 Å². The number of aromatic amines is 1. The number of ether oxygens (including phenoxy) is 1. The van der Waals surface area contributed by atoms with Crippen LogP contribution in [0.25, 0.3) is 10.9 Å².